The van der Waals surface area contributed by atoms with Crippen molar-refractivity contribution in [1.82, 2.24) is 4.90 Å². The normalized spacial score (nSPS) is 14.4. The molecular formula is C22H22F2N2O3. The quantitative estimate of drug-likeness (QED) is 0.733. The van der Waals surface area contributed by atoms with Gasteiger partial charge in [-0.3, -0.25) is 14.5 Å². The molecule has 0 spiro atoms. The molecule has 1 heterocycles. The fourth-order valence-electron chi connectivity index (χ4n) is 3.09. The number of carbonyl (C=O) groups excluding carboxylic acids is 2. The van der Waals surface area contributed by atoms with Crippen molar-refractivity contribution in [3.8, 4) is 5.75 Å². The first-order valence-electron chi connectivity index (χ1n) is 9.30. The van der Waals surface area contributed by atoms with Crippen LogP contribution in [0.4, 0.5) is 14.5 Å². The van der Waals surface area contributed by atoms with Crippen molar-refractivity contribution < 1.29 is 23.1 Å². The van der Waals surface area contributed by atoms with E-state index in [0.717, 1.165) is 17.0 Å². The second-order valence-electron chi connectivity index (χ2n) is 7.27. The molecule has 2 amide bonds. The van der Waals surface area contributed by atoms with Crippen LogP contribution in [0.3, 0.4) is 0 Å². The molecule has 1 aliphatic heterocycles. The van der Waals surface area contributed by atoms with Gasteiger partial charge in [-0.05, 0) is 57.5 Å². The highest BCUT2D eigenvalue weighted by Crippen LogP contribution is 2.32. The topological polar surface area (TPSA) is 58.6 Å². The maximum atomic E-state index is 13.6. The van der Waals surface area contributed by atoms with Crippen LogP contribution in [-0.2, 0) is 9.59 Å². The molecule has 5 nitrogen and oxygen atoms in total. The molecule has 1 aliphatic rings. The number of hydrogen-bond acceptors (Lipinski definition) is 4. The highest BCUT2D eigenvalue weighted by molar-refractivity contribution is 6.36. The molecule has 152 valence electrons. The second kappa shape index (κ2) is 8.03. The lowest BCUT2D eigenvalue weighted by atomic mass is 10.0. The Morgan fingerprint density at radius 2 is 1.55 bits per heavy atom. The van der Waals surface area contributed by atoms with Gasteiger partial charge in [0.05, 0.1) is 11.7 Å². The Kier molecular flexibility index (Phi) is 5.68. The van der Waals surface area contributed by atoms with Crippen LogP contribution in [0.15, 0.2) is 48.2 Å². The number of ether oxygens (including phenoxy) is 1. The third-order valence-electron chi connectivity index (χ3n) is 4.34. The van der Waals surface area contributed by atoms with Crippen molar-refractivity contribution in [2.45, 2.75) is 39.8 Å². The summed E-state index contributed by atoms with van der Waals surface area (Å²) >= 11 is 0. The number of anilines is 1. The zero-order valence-corrected chi connectivity index (χ0v) is 16.6. The van der Waals surface area contributed by atoms with Gasteiger partial charge in [-0.2, -0.15) is 0 Å². The lowest BCUT2D eigenvalue weighted by molar-refractivity contribution is -0.138. The molecule has 0 saturated carbocycles. The van der Waals surface area contributed by atoms with Crippen LogP contribution >= 0.6 is 0 Å². The van der Waals surface area contributed by atoms with Crippen LogP contribution in [-0.4, -0.2) is 28.9 Å². The fraction of sp³-hybridized carbons (Fsp3) is 0.273. The van der Waals surface area contributed by atoms with Gasteiger partial charge in [0, 0.05) is 17.8 Å². The molecule has 0 unspecified atom stereocenters. The van der Waals surface area contributed by atoms with Gasteiger partial charge in [0.25, 0.3) is 11.8 Å². The number of nitrogens with one attached hydrogen (secondary N) is 1. The van der Waals surface area contributed by atoms with Gasteiger partial charge in [-0.1, -0.05) is 12.1 Å². The lowest BCUT2D eigenvalue weighted by Gasteiger charge is -2.19. The number of carbonyl (C=O) groups is 2. The zero-order chi connectivity index (χ0) is 21.3. The standard InChI is InChI=1S/C22H22F2N2O3/c1-12(2)26-21(27)19(14-5-8-16(9-6-14)29-13(3)4)20(22(26)28)25-15-7-10-17(23)18(24)11-15/h5-13,25H,1-4H3. The summed E-state index contributed by atoms with van der Waals surface area (Å²) in [4.78, 5) is 27.0. The van der Waals surface area contributed by atoms with Crippen LogP contribution in [0.2, 0.25) is 0 Å². The summed E-state index contributed by atoms with van der Waals surface area (Å²) in [5.74, 6) is -2.38. The summed E-state index contributed by atoms with van der Waals surface area (Å²) < 4.78 is 32.4. The van der Waals surface area contributed by atoms with Crippen molar-refractivity contribution in [3.05, 3.63) is 65.4 Å². The van der Waals surface area contributed by atoms with E-state index in [1.165, 1.54) is 6.07 Å². The summed E-state index contributed by atoms with van der Waals surface area (Å²) in [7, 11) is 0. The maximum absolute atomic E-state index is 13.6. The van der Waals surface area contributed by atoms with Crippen molar-refractivity contribution in [3.63, 3.8) is 0 Å². The number of halogens is 2. The Balaban J connectivity index is 2.04. The largest absolute Gasteiger partial charge is 0.491 e. The van der Waals surface area contributed by atoms with Gasteiger partial charge in [-0.15, -0.1) is 0 Å². The van der Waals surface area contributed by atoms with E-state index in [2.05, 4.69) is 5.32 Å². The van der Waals surface area contributed by atoms with Gasteiger partial charge < -0.3 is 10.1 Å². The molecule has 0 fully saturated rings. The molecule has 29 heavy (non-hydrogen) atoms. The van der Waals surface area contributed by atoms with Gasteiger partial charge >= 0.3 is 0 Å². The Hall–Kier alpha value is -3.22. The number of benzene rings is 2. The number of amides is 2. The predicted molar refractivity (Wildman–Crippen MR) is 106 cm³/mol. The third-order valence-corrected chi connectivity index (χ3v) is 4.34. The van der Waals surface area contributed by atoms with Crippen LogP contribution < -0.4 is 10.1 Å². The number of hydrogen-bond donors (Lipinski definition) is 1. The van der Waals surface area contributed by atoms with Gasteiger partial charge in [-0.25, -0.2) is 8.78 Å². The van der Waals surface area contributed by atoms with Crippen LogP contribution in [0.25, 0.3) is 5.57 Å². The zero-order valence-electron chi connectivity index (χ0n) is 16.6. The number of rotatable bonds is 6. The van der Waals surface area contributed by atoms with E-state index in [4.69, 9.17) is 4.74 Å². The molecule has 0 saturated heterocycles. The first kappa shape index (κ1) is 20.5. The molecule has 1 N–H and O–H groups in total. The van der Waals surface area contributed by atoms with Crippen LogP contribution in [0, 0.1) is 11.6 Å². The summed E-state index contributed by atoms with van der Waals surface area (Å²) in [5.41, 5.74) is 0.882. The molecule has 0 bridgehead atoms. The summed E-state index contributed by atoms with van der Waals surface area (Å²) in [5, 5.41) is 2.80. The van der Waals surface area contributed by atoms with Gasteiger partial charge in [0.1, 0.15) is 11.4 Å². The van der Waals surface area contributed by atoms with E-state index in [-0.39, 0.29) is 29.1 Å². The fourth-order valence-corrected chi connectivity index (χ4v) is 3.09. The van der Waals surface area contributed by atoms with E-state index in [1.807, 2.05) is 13.8 Å². The second-order valence-corrected chi connectivity index (χ2v) is 7.27. The number of imide groups is 1. The van der Waals surface area contributed by atoms with Crippen molar-refractivity contribution in [2.75, 3.05) is 5.32 Å². The number of nitrogens with zero attached hydrogens (tertiary/aromatic N) is 1. The Morgan fingerprint density at radius 1 is 0.897 bits per heavy atom. The molecule has 2 aromatic carbocycles. The minimum atomic E-state index is -1.05. The third kappa shape index (κ3) is 4.13. The van der Waals surface area contributed by atoms with E-state index in [0.29, 0.717) is 11.3 Å². The molecule has 7 heteroatoms. The average Bonchev–Trinajstić information content (AvgIpc) is 2.88. The minimum Gasteiger partial charge on any atom is -0.491 e. The first-order chi connectivity index (χ1) is 13.7. The van der Waals surface area contributed by atoms with Gasteiger partial charge in [0.15, 0.2) is 11.6 Å². The monoisotopic (exact) mass is 400 g/mol. The van der Waals surface area contributed by atoms with E-state index < -0.39 is 23.4 Å². The Bertz CT molecular complexity index is 982. The molecule has 3 rings (SSSR count). The highest BCUT2D eigenvalue weighted by Gasteiger charge is 2.40. The Morgan fingerprint density at radius 3 is 2.10 bits per heavy atom. The molecule has 0 radical (unpaired) electrons. The smallest absolute Gasteiger partial charge is 0.278 e. The van der Waals surface area contributed by atoms with E-state index >= 15 is 0 Å². The first-order valence-corrected chi connectivity index (χ1v) is 9.30. The van der Waals surface area contributed by atoms with Crippen molar-refractivity contribution in [1.29, 1.82) is 0 Å². The SMILES string of the molecule is CC(C)Oc1ccc(C2=C(Nc3ccc(F)c(F)c3)C(=O)N(C(C)C)C2=O)cc1. The lowest BCUT2D eigenvalue weighted by Crippen LogP contribution is -2.38. The molecule has 2 aromatic rings. The molecule has 0 aliphatic carbocycles. The molecule has 0 aromatic heterocycles. The average molecular weight is 400 g/mol. The molecular weight excluding hydrogens is 378 g/mol. The molecule has 0 atom stereocenters. The van der Waals surface area contributed by atoms with E-state index in [9.17, 15) is 18.4 Å². The summed E-state index contributed by atoms with van der Waals surface area (Å²) in [6.45, 7) is 7.26. The Labute approximate surface area is 168 Å². The summed E-state index contributed by atoms with van der Waals surface area (Å²) in [6, 6.07) is 9.65. The predicted octanol–water partition coefficient (Wildman–Crippen LogP) is 4.35. The maximum Gasteiger partial charge on any atom is 0.278 e. The van der Waals surface area contributed by atoms with Crippen LogP contribution in [0.5, 0.6) is 5.75 Å². The highest BCUT2D eigenvalue weighted by atomic mass is 19.2. The van der Waals surface area contributed by atoms with Crippen molar-refractivity contribution in [2.24, 2.45) is 0 Å². The van der Waals surface area contributed by atoms with Gasteiger partial charge in [0.2, 0.25) is 0 Å². The van der Waals surface area contributed by atoms with Crippen molar-refractivity contribution >= 4 is 23.1 Å². The summed E-state index contributed by atoms with van der Waals surface area (Å²) in [6.07, 6.45) is -0.00297. The van der Waals surface area contributed by atoms with Crippen LogP contribution in [0.1, 0.15) is 33.3 Å². The minimum absolute atomic E-state index is 0.00297. The van der Waals surface area contributed by atoms with E-state index in [1.54, 1.807) is 38.1 Å².